The highest BCUT2D eigenvalue weighted by Gasteiger charge is 2.12. The molecule has 8 rings (SSSR count). The third-order valence-corrected chi connectivity index (χ3v) is 10.3. The van der Waals surface area contributed by atoms with E-state index in [1.165, 1.54) is 37.9 Å². The molecule has 0 spiro atoms. The van der Waals surface area contributed by atoms with Crippen molar-refractivity contribution < 1.29 is 0 Å². The molecule has 0 amide bonds. The van der Waals surface area contributed by atoms with Gasteiger partial charge in [-0.2, -0.15) is 0 Å². The Labute approximate surface area is 329 Å². The number of rotatable bonds is 11. The Morgan fingerprint density at radius 3 is 1.79 bits per heavy atom. The second-order valence-corrected chi connectivity index (χ2v) is 13.8. The zero-order valence-electron chi connectivity index (χ0n) is 31.6. The van der Waals surface area contributed by atoms with Gasteiger partial charge in [0.05, 0.1) is 18.0 Å². The first-order valence-corrected chi connectivity index (χ1v) is 19.0. The lowest BCUT2D eigenvalue weighted by Gasteiger charge is -2.12. The Hall–Kier alpha value is -7.16. The molecule has 0 aliphatic rings. The summed E-state index contributed by atoms with van der Waals surface area (Å²) in [7, 11) is 0. The van der Waals surface area contributed by atoms with Crippen LogP contribution in [0.2, 0.25) is 0 Å². The van der Waals surface area contributed by atoms with Gasteiger partial charge in [0.1, 0.15) is 0 Å². The molecule has 0 saturated heterocycles. The summed E-state index contributed by atoms with van der Waals surface area (Å²) in [5.41, 5.74) is 11.4. The summed E-state index contributed by atoms with van der Waals surface area (Å²) in [5.74, 6) is 0. The molecule has 2 heteroatoms. The van der Waals surface area contributed by atoms with Crippen molar-refractivity contribution in [1.82, 2.24) is 0 Å². The topological polar surface area (TPSA) is 24.7 Å². The maximum absolute atomic E-state index is 5.30. The predicted octanol–water partition coefficient (Wildman–Crippen LogP) is 14.4. The van der Waals surface area contributed by atoms with Gasteiger partial charge in [0, 0.05) is 11.1 Å². The van der Waals surface area contributed by atoms with Crippen LogP contribution in [0.5, 0.6) is 0 Å². The normalized spacial score (nSPS) is 12.5. The first kappa shape index (κ1) is 35.8. The maximum atomic E-state index is 5.30. The minimum atomic E-state index is 0.494. The highest BCUT2D eigenvalue weighted by atomic mass is 14.8. The van der Waals surface area contributed by atoms with Crippen LogP contribution in [0.25, 0.3) is 65.8 Å². The molecule has 268 valence electrons. The summed E-state index contributed by atoms with van der Waals surface area (Å²) in [5, 5.41) is 7.64. The number of benzene rings is 8. The molecule has 0 aromatic heterocycles. The van der Waals surface area contributed by atoms with Crippen LogP contribution in [0, 0.1) is 0 Å². The molecule has 0 heterocycles. The number of hydrogen-bond donors (Lipinski definition) is 0. The molecule has 0 aliphatic carbocycles. The first-order valence-electron chi connectivity index (χ1n) is 19.0. The molecule has 8 aromatic rings. The average Bonchev–Trinajstić information content (AvgIpc) is 3.27. The fourth-order valence-corrected chi connectivity index (χ4v) is 7.51. The van der Waals surface area contributed by atoms with Gasteiger partial charge in [-0.15, -0.1) is 0 Å². The summed E-state index contributed by atoms with van der Waals surface area (Å²) < 4.78 is 0. The van der Waals surface area contributed by atoms with E-state index in [1.54, 1.807) is 0 Å². The van der Waals surface area contributed by atoms with Crippen LogP contribution in [0.3, 0.4) is 0 Å². The fraction of sp³-hybridized carbons (Fsp3) is 0.0370. The lowest BCUT2D eigenvalue weighted by atomic mass is 9.92. The van der Waals surface area contributed by atoms with Crippen LogP contribution in [-0.2, 0) is 6.54 Å². The van der Waals surface area contributed by atoms with E-state index < -0.39 is 0 Å². The molecule has 0 saturated carbocycles. The summed E-state index contributed by atoms with van der Waals surface area (Å²) in [6.07, 6.45) is 10.0. The van der Waals surface area contributed by atoms with Crippen LogP contribution < -0.4 is 0 Å². The summed E-state index contributed by atoms with van der Waals surface area (Å²) in [4.78, 5) is 9.84. The molecule has 56 heavy (non-hydrogen) atoms. The zero-order chi connectivity index (χ0) is 38.3. The Balaban J connectivity index is 1.20. The van der Waals surface area contributed by atoms with E-state index in [4.69, 9.17) is 4.99 Å². The molecule has 8 aromatic carbocycles. The summed E-state index contributed by atoms with van der Waals surface area (Å²) in [6.45, 7) is 10.5. The van der Waals surface area contributed by atoms with Crippen LogP contribution >= 0.6 is 0 Å². The van der Waals surface area contributed by atoms with Gasteiger partial charge < -0.3 is 0 Å². The molecule has 0 aliphatic heterocycles. The molecule has 0 fully saturated rings. The zero-order valence-corrected chi connectivity index (χ0v) is 31.6. The van der Waals surface area contributed by atoms with Gasteiger partial charge in [-0.1, -0.05) is 176 Å². The van der Waals surface area contributed by atoms with E-state index in [-0.39, 0.29) is 0 Å². The van der Waals surface area contributed by atoms with Crippen molar-refractivity contribution in [3.05, 3.63) is 229 Å². The van der Waals surface area contributed by atoms with Gasteiger partial charge in [-0.3, -0.25) is 9.98 Å². The SMILES string of the molecule is C=C/C(=C\C=C/C)c1cccc(/C(=C/C(=N\Cc2cccc(-c3ccc4c5ccccc5c5ccccc5c4c3)c2)c2cccc(-c3ccccc3)c2)N=C)c1. The quantitative estimate of drug-likeness (QED) is 0.0723. The molecule has 0 unspecified atom stereocenters. The standard InChI is InChI=1S/C54H42N2/c1-4-6-18-39(5-2)42-22-15-24-45(33-42)53(55-3)36-54(46-25-16-23-43(34-46)40-19-8-7-9-20-40)56-37-38-17-14-21-41(32-38)44-30-31-51-49-28-11-10-26-47(49)48-27-12-13-29-50(48)52(51)35-44/h4-36H,2-3,37H2,1H3/b6-4-,39-18+,53-36-,56-54+. The van der Waals surface area contributed by atoms with E-state index in [2.05, 4.69) is 188 Å². The smallest absolute Gasteiger partial charge is 0.0716 e. The first-order chi connectivity index (χ1) is 27.6. The van der Waals surface area contributed by atoms with E-state index in [1.807, 2.05) is 37.3 Å². The molecule has 2 nitrogen and oxygen atoms in total. The highest BCUT2D eigenvalue weighted by molar-refractivity contribution is 6.25. The number of hydrogen-bond acceptors (Lipinski definition) is 2. The maximum Gasteiger partial charge on any atom is 0.0716 e. The Morgan fingerprint density at radius 2 is 1.09 bits per heavy atom. The lowest BCUT2D eigenvalue weighted by Crippen LogP contribution is -2.01. The van der Waals surface area contributed by atoms with Crippen molar-refractivity contribution in [2.75, 3.05) is 0 Å². The predicted molar refractivity (Wildman–Crippen MR) is 243 cm³/mol. The Bertz CT molecular complexity index is 2830. The Morgan fingerprint density at radius 1 is 0.518 bits per heavy atom. The average molecular weight is 719 g/mol. The van der Waals surface area contributed by atoms with Gasteiger partial charge in [-0.05, 0) is 115 Å². The van der Waals surface area contributed by atoms with Gasteiger partial charge in [-0.25, -0.2) is 0 Å². The molecule has 0 radical (unpaired) electrons. The third kappa shape index (κ3) is 7.46. The van der Waals surface area contributed by atoms with Crippen molar-refractivity contribution in [3.63, 3.8) is 0 Å². The third-order valence-electron chi connectivity index (χ3n) is 10.3. The lowest BCUT2D eigenvalue weighted by molar-refractivity contribution is 1.07. The van der Waals surface area contributed by atoms with Gasteiger partial charge in [0.25, 0.3) is 0 Å². The van der Waals surface area contributed by atoms with E-state index in [0.717, 1.165) is 55.9 Å². The number of fused-ring (bicyclic) bond motifs is 6. The minimum absolute atomic E-state index is 0.494. The van der Waals surface area contributed by atoms with Crippen molar-refractivity contribution in [3.8, 4) is 22.3 Å². The second-order valence-electron chi connectivity index (χ2n) is 13.8. The van der Waals surface area contributed by atoms with Gasteiger partial charge in [0.15, 0.2) is 0 Å². The van der Waals surface area contributed by atoms with Crippen molar-refractivity contribution in [2.45, 2.75) is 13.5 Å². The Kier molecular flexibility index (Phi) is 10.5. The largest absolute Gasteiger partial charge is 0.280 e. The van der Waals surface area contributed by atoms with Crippen LogP contribution in [-0.4, -0.2) is 12.4 Å². The van der Waals surface area contributed by atoms with E-state index in [0.29, 0.717) is 6.54 Å². The fourth-order valence-electron chi connectivity index (χ4n) is 7.51. The molecule has 0 atom stereocenters. The van der Waals surface area contributed by atoms with Crippen LogP contribution in [0.1, 0.15) is 29.2 Å². The summed E-state index contributed by atoms with van der Waals surface area (Å²) in [6, 6.07) is 60.4. The highest BCUT2D eigenvalue weighted by Crippen LogP contribution is 2.37. The van der Waals surface area contributed by atoms with Crippen molar-refractivity contribution >= 4 is 56.0 Å². The van der Waals surface area contributed by atoms with Crippen molar-refractivity contribution in [2.24, 2.45) is 9.98 Å². The molecule has 0 N–H and O–H groups in total. The number of nitrogens with zero attached hydrogens (tertiary/aromatic N) is 2. The van der Waals surface area contributed by atoms with Gasteiger partial charge in [0.2, 0.25) is 0 Å². The molecule has 0 bridgehead atoms. The van der Waals surface area contributed by atoms with Crippen LogP contribution in [0.4, 0.5) is 0 Å². The number of allylic oxidation sites excluding steroid dienone is 6. The van der Waals surface area contributed by atoms with E-state index in [9.17, 15) is 0 Å². The monoisotopic (exact) mass is 718 g/mol. The number of aliphatic imine (C=N–C) groups is 2. The van der Waals surface area contributed by atoms with E-state index >= 15 is 0 Å². The van der Waals surface area contributed by atoms with Crippen LogP contribution in [0.15, 0.2) is 217 Å². The summed E-state index contributed by atoms with van der Waals surface area (Å²) >= 11 is 0. The molecular formula is C54H42N2. The second kappa shape index (κ2) is 16.5. The van der Waals surface area contributed by atoms with Gasteiger partial charge >= 0.3 is 0 Å². The molecular weight excluding hydrogens is 677 g/mol. The minimum Gasteiger partial charge on any atom is -0.280 e. The van der Waals surface area contributed by atoms with Crippen molar-refractivity contribution in [1.29, 1.82) is 0 Å².